The Morgan fingerprint density at radius 1 is 0.879 bits per heavy atom. The topological polar surface area (TPSA) is 79.4 Å². The molecule has 0 radical (unpaired) electrons. The van der Waals surface area contributed by atoms with Gasteiger partial charge in [0.25, 0.3) is 0 Å². The lowest BCUT2D eigenvalue weighted by atomic mass is 9.52. The fourth-order valence-corrected chi connectivity index (χ4v) is 7.65. The number of nitrogens with zero attached hydrogens (tertiary/aromatic N) is 3. The van der Waals surface area contributed by atoms with Crippen molar-refractivity contribution in [1.82, 2.24) is 14.7 Å². The number of rotatable bonds is 5. The Hall–Kier alpha value is -2.61. The third-order valence-electron chi connectivity index (χ3n) is 8.67. The van der Waals surface area contributed by atoms with E-state index in [0.717, 1.165) is 31.2 Å². The number of ether oxygens (including phenoxy) is 2. The highest BCUT2D eigenvalue weighted by Gasteiger charge is 2.61. The summed E-state index contributed by atoms with van der Waals surface area (Å²) in [6.45, 7) is 1.42. The molecule has 5 fully saturated rings. The number of methoxy groups -OCH3 is 2. The maximum Gasteiger partial charge on any atom is 0.335 e. The van der Waals surface area contributed by atoms with Gasteiger partial charge < -0.3 is 9.47 Å². The van der Waals surface area contributed by atoms with Crippen LogP contribution in [0.1, 0.15) is 49.7 Å². The third-order valence-corrected chi connectivity index (χ3v) is 8.67. The summed E-state index contributed by atoms with van der Waals surface area (Å²) in [7, 11) is 3.23. The average molecular weight is 454 g/mol. The van der Waals surface area contributed by atoms with Crippen molar-refractivity contribution in [2.24, 2.45) is 17.8 Å². The van der Waals surface area contributed by atoms with Crippen LogP contribution in [0.25, 0.3) is 0 Å². The molecule has 4 amide bonds. The molecule has 4 aliphatic carbocycles. The van der Waals surface area contributed by atoms with E-state index in [1.165, 1.54) is 34.6 Å². The molecule has 4 saturated carbocycles. The Bertz CT molecular complexity index is 1000. The molecule has 176 valence electrons. The highest BCUT2D eigenvalue weighted by atomic mass is 16.5. The summed E-state index contributed by atoms with van der Waals surface area (Å²) in [5.41, 5.74) is 1.82. The lowest BCUT2D eigenvalue weighted by molar-refractivity contribution is -0.150. The predicted octanol–water partition coefficient (Wildman–Crippen LogP) is 2.78. The van der Waals surface area contributed by atoms with Gasteiger partial charge in [-0.25, -0.2) is 14.6 Å². The Morgan fingerprint density at radius 2 is 1.45 bits per heavy atom. The quantitative estimate of drug-likeness (QED) is 0.504. The van der Waals surface area contributed by atoms with Crippen molar-refractivity contribution in [1.29, 1.82) is 0 Å². The molecular formula is C25H31N3O5. The van der Waals surface area contributed by atoms with E-state index < -0.39 is 23.4 Å². The van der Waals surface area contributed by atoms with Gasteiger partial charge in [-0.1, -0.05) is 0 Å². The Labute approximate surface area is 193 Å². The smallest absolute Gasteiger partial charge is 0.335 e. The minimum atomic E-state index is -0.672. The van der Waals surface area contributed by atoms with Gasteiger partial charge >= 0.3 is 17.8 Å². The van der Waals surface area contributed by atoms with Crippen LogP contribution < -0.4 is 9.47 Å². The monoisotopic (exact) mass is 453 g/mol. The highest BCUT2D eigenvalue weighted by Crippen LogP contribution is 2.58. The van der Waals surface area contributed by atoms with Gasteiger partial charge in [0.05, 0.1) is 26.4 Å². The lowest BCUT2D eigenvalue weighted by Crippen LogP contribution is -2.62. The number of hydrogen-bond donors (Lipinski definition) is 0. The zero-order chi connectivity index (χ0) is 22.9. The molecule has 6 aliphatic rings. The third kappa shape index (κ3) is 3.17. The number of amides is 4. The molecule has 0 unspecified atom stereocenters. The molecule has 2 heterocycles. The van der Waals surface area contributed by atoms with Crippen molar-refractivity contribution in [2.75, 3.05) is 27.4 Å². The van der Waals surface area contributed by atoms with Crippen LogP contribution in [0.15, 0.2) is 12.1 Å². The molecule has 0 aromatic heterocycles. The van der Waals surface area contributed by atoms with Crippen molar-refractivity contribution in [3.05, 3.63) is 23.3 Å². The van der Waals surface area contributed by atoms with Crippen LogP contribution >= 0.6 is 0 Å². The van der Waals surface area contributed by atoms with Crippen LogP contribution in [0.4, 0.5) is 4.79 Å². The molecule has 2 aliphatic heterocycles. The Morgan fingerprint density at radius 3 is 2.03 bits per heavy atom. The zero-order valence-electron chi connectivity index (χ0n) is 19.3. The first-order valence-corrected chi connectivity index (χ1v) is 12.1. The van der Waals surface area contributed by atoms with Gasteiger partial charge in [-0.05, 0) is 86.0 Å². The van der Waals surface area contributed by atoms with Gasteiger partial charge in [-0.3, -0.25) is 14.5 Å². The number of carbonyl (C=O) groups is 3. The van der Waals surface area contributed by atoms with Crippen LogP contribution in [0.3, 0.4) is 0 Å². The largest absolute Gasteiger partial charge is 0.493 e. The number of imide groups is 2. The van der Waals surface area contributed by atoms with Crippen LogP contribution in [0.2, 0.25) is 0 Å². The molecule has 1 aromatic carbocycles. The first kappa shape index (κ1) is 21.0. The molecule has 1 aromatic rings. The molecule has 0 N–H and O–H groups in total. The normalized spacial score (nSPS) is 33.2. The zero-order valence-corrected chi connectivity index (χ0v) is 19.3. The van der Waals surface area contributed by atoms with Crippen molar-refractivity contribution >= 4 is 17.8 Å². The standard InChI is InChI=1S/C25H31N3O5/c1-32-20-8-18-3-4-26(13-19(18)9-21(20)33-2)14-27-22(29)23(30)28(24(27)31)25-10-15-5-16(11-25)7-17(6-15)12-25/h8-9,15-17H,3-7,10-14H2,1-2H3. The highest BCUT2D eigenvalue weighted by molar-refractivity contribution is 6.44. The summed E-state index contributed by atoms with van der Waals surface area (Å²) in [6, 6.07) is 3.54. The summed E-state index contributed by atoms with van der Waals surface area (Å²) in [5, 5.41) is 0. The van der Waals surface area contributed by atoms with Crippen molar-refractivity contribution in [3.63, 3.8) is 0 Å². The van der Waals surface area contributed by atoms with Crippen LogP contribution in [0.5, 0.6) is 11.5 Å². The predicted molar refractivity (Wildman–Crippen MR) is 119 cm³/mol. The summed E-state index contributed by atoms with van der Waals surface area (Å²) < 4.78 is 10.8. The minimum absolute atomic E-state index is 0.139. The van der Waals surface area contributed by atoms with E-state index in [4.69, 9.17) is 9.47 Å². The molecule has 8 nitrogen and oxygen atoms in total. The van der Waals surface area contributed by atoms with Gasteiger partial charge in [-0.15, -0.1) is 0 Å². The van der Waals surface area contributed by atoms with Crippen LogP contribution in [-0.4, -0.2) is 65.5 Å². The molecule has 33 heavy (non-hydrogen) atoms. The molecular weight excluding hydrogens is 422 g/mol. The number of fused-ring (bicyclic) bond motifs is 1. The molecule has 0 spiro atoms. The van der Waals surface area contributed by atoms with E-state index in [-0.39, 0.29) is 6.67 Å². The van der Waals surface area contributed by atoms with Crippen LogP contribution in [0, 0.1) is 17.8 Å². The van der Waals surface area contributed by atoms with Gasteiger partial charge in [0, 0.05) is 13.1 Å². The number of benzene rings is 1. The van der Waals surface area contributed by atoms with Gasteiger partial charge in [-0.2, -0.15) is 0 Å². The van der Waals surface area contributed by atoms with E-state index in [2.05, 4.69) is 4.90 Å². The number of hydrogen-bond acceptors (Lipinski definition) is 6. The second kappa shape index (κ2) is 7.45. The number of carbonyl (C=O) groups excluding carboxylic acids is 3. The van der Waals surface area contributed by atoms with E-state index in [1.54, 1.807) is 14.2 Å². The maximum atomic E-state index is 13.5. The van der Waals surface area contributed by atoms with Gasteiger partial charge in [0.15, 0.2) is 11.5 Å². The molecule has 4 bridgehead atoms. The fourth-order valence-electron chi connectivity index (χ4n) is 7.65. The SMILES string of the molecule is COc1cc2c(cc1OC)CN(CN1C(=O)C(=O)N(C34CC5CC(CC(C5)C3)C4)C1=O)CC2. The lowest BCUT2D eigenvalue weighted by Gasteiger charge is -2.58. The van der Waals surface area contributed by atoms with E-state index in [0.29, 0.717) is 42.3 Å². The summed E-state index contributed by atoms with van der Waals surface area (Å²) in [6.07, 6.45) is 7.04. The summed E-state index contributed by atoms with van der Waals surface area (Å²) in [5.74, 6) is 1.84. The van der Waals surface area contributed by atoms with Crippen molar-refractivity contribution in [3.8, 4) is 11.5 Å². The van der Waals surface area contributed by atoms with E-state index >= 15 is 0 Å². The van der Waals surface area contributed by atoms with Gasteiger partial charge in [0.2, 0.25) is 0 Å². The molecule has 1 saturated heterocycles. The van der Waals surface area contributed by atoms with E-state index in [9.17, 15) is 14.4 Å². The van der Waals surface area contributed by atoms with E-state index in [1.807, 2.05) is 12.1 Å². The Balaban J connectivity index is 1.21. The summed E-state index contributed by atoms with van der Waals surface area (Å²) in [4.78, 5) is 44.2. The first-order valence-electron chi connectivity index (χ1n) is 12.1. The average Bonchev–Trinajstić information content (AvgIpc) is 3.00. The fraction of sp³-hybridized carbons (Fsp3) is 0.640. The number of urea groups is 1. The van der Waals surface area contributed by atoms with Crippen LogP contribution in [-0.2, 0) is 22.6 Å². The minimum Gasteiger partial charge on any atom is -0.493 e. The molecule has 0 atom stereocenters. The van der Waals surface area contributed by atoms with Crippen molar-refractivity contribution in [2.45, 2.75) is 57.0 Å². The summed E-state index contributed by atoms with van der Waals surface area (Å²) >= 11 is 0. The molecule has 7 rings (SSSR count). The van der Waals surface area contributed by atoms with Gasteiger partial charge in [0.1, 0.15) is 0 Å². The Kier molecular flexibility index (Phi) is 4.73. The molecule has 8 heteroatoms. The second-order valence-electron chi connectivity index (χ2n) is 10.7. The maximum absolute atomic E-state index is 13.5. The van der Waals surface area contributed by atoms with Crippen molar-refractivity contribution < 1.29 is 23.9 Å². The second-order valence-corrected chi connectivity index (χ2v) is 10.7. The first-order chi connectivity index (χ1) is 15.9.